The molecule has 0 aliphatic rings. The molecule has 105 heavy (non-hydrogen) atoms. The lowest BCUT2D eigenvalue weighted by Gasteiger charge is -2.12. The molecule has 0 fully saturated rings. The Morgan fingerprint density at radius 3 is 0.657 bits per heavy atom. The third kappa shape index (κ3) is 42.4. The van der Waals surface area contributed by atoms with Gasteiger partial charge < -0.3 is 47.4 Å². The van der Waals surface area contributed by atoms with E-state index in [2.05, 4.69) is 48.8 Å². The van der Waals surface area contributed by atoms with Crippen LogP contribution in [0.5, 0.6) is 0 Å². The first-order valence-electron chi connectivity index (χ1n) is 38.9. The number of methoxy groups -OCH3 is 3. The van der Waals surface area contributed by atoms with Crippen molar-refractivity contribution >= 4 is 59.7 Å². The Morgan fingerprint density at radius 1 is 0.200 bits per heavy atom. The predicted octanol–water partition coefficient (Wildman–Crippen LogP) is 20.6. The van der Waals surface area contributed by atoms with Crippen LogP contribution in [-0.4, -0.2) is 127 Å². The van der Waals surface area contributed by atoms with Gasteiger partial charge >= 0.3 is 59.7 Å². The first-order valence-corrected chi connectivity index (χ1v) is 38.9. The molecule has 0 heterocycles. The number of carbonyl (C=O) groups is 10. The van der Waals surface area contributed by atoms with Crippen molar-refractivity contribution in [1.82, 2.24) is 0 Å². The lowest BCUT2D eigenvalue weighted by atomic mass is 10.0. The molecule has 0 N–H and O–H groups in total. The average Bonchev–Trinajstić information content (AvgIpc) is 0.858. The molecule has 4 aromatic carbocycles. The number of hydrogen-bond donors (Lipinski definition) is 0. The van der Waals surface area contributed by atoms with Gasteiger partial charge in [-0.2, -0.15) is 0 Å². The summed E-state index contributed by atoms with van der Waals surface area (Å²) in [6.07, 6.45) is 36.7. The van der Waals surface area contributed by atoms with E-state index in [1.165, 1.54) is 167 Å². The Hall–Kier alpha value is -8.42. The number of rotatable bonds is 51. The van der Waals surface area contributed by atoms with E-state index in [9.17, 15) is 47.9 Å². The van der Waals surface area contributed by atoms with Gasteiger partial charge in [-0.25, -0.2) is 47.9 Å². The zero-order chi connectivity index (χ0) is 77.5. The van der Waals surface area contributed by atoms with E-state index in [4.69, 9.17) is 33.2 Å². The van der Waals surface area contributed by atoms with Gasteiger partial charge in [-0.05, 0) is 106 Å². The normalized spacial score (nSPS) is 10.4. The van der Waals surface area contributed by atoms with Crippen molar-refractivity contribution in [3.63, 3.8) is 0 Å². The fraction of sp³-hybridized carbons (Fsp3) is 0.600. The van der Waals surface area contributed by atoms with Crippen LogP contribution >= 0.6 is 0 Å². The molecule has 0 atom stereocenters. The van der Waals surface area contributed by atoms with E-state index in [1.807, 2.05) is 13.8 Å². The van der Waals surface area contributed by atoms with Crippen molar-refractivity contribution in [1.29, 1.82) is 0 Å². The minimum atomic E-state index is -0.735. The van der Waals surface area contributed by atoms with Crippen LogP contribution in [0.4, 0.5) is 0 Å². The number of ether oxygens (including phenoxy) is 10. The lowest BCUT2D eigenvalue weighted by molar-refractivity contribution is 0.0447. The summed E-state index contributed by atoms with van der Waals surface area (Å²) in [6.45, 7) is 17.4. The van der Waals surface area contributed by atoms with Crippen molar-refractivity contribution in [3.05, 3.63) is 141 Å². The van der Waals surface area contributed by atoms with Gasteiger partial charge in [0.25, 0.3) is 0 Å². The molecule has 20 nitrogen and oxygen atoms in total. The van der Waals surface area contributed by atoms with Crippen molar-refractivity contribution < 1.29 is 95.3 Å². The standard InChI is InChI=1S/C33H54O6.C24H38O4.C16H22O4.C12H12O6/c1-4-7-10-13-16-19-24-37-31(34)28-22-23-29(32(35)38-25-20-17-14-11-8-5-2)30(27-28)33(36)39-26-21-18-15-12-9-6-3;1-3-5-7-9-11-15-19-27-23(25)21-17-13-14-18-22(21)24(26)28-20-16-12-10-8-6-4-2;1-3-5-11-19-15(17)13-9-7-8-10-14(13)16(18)20-12-6-4-2;1-16-10(13)7-4-5-8(11(14)17-2)9(6-7)12(15)18-3/h22-23,27H,4-21,24-26H2,1-3H3;13-14,17-18H,3-12,15-16,19-20H2,1-2H3;7-10H,3-6,11-12H2,1-2H3;4-6H,1-3H3. The summed E-state index contributed by atoms with van der Waals surface area (Å²) in [6, 6.07) is 21.6. The molecule has 0 unspecified atom stereocenters. The lowest BCUT2D eigenvalue weighted by Crippen LogP contribution is -2.17. The molecule has 4 rings (SSSR count). The number of carbonyl (C=O) groups excluding carboxylic acids is 10. The molecule has 0 radical (unpaired) electrons. The fourth-order valence-electron chi connectivity index (χ4n) is 10.5. The third-order valence-electron chi connectivity index (χ3n) is 16.8. The zero-order valence-electron chi connectivity index (χ0n) is 65.2. The molecule has 0 aliphatic carbocycles. The van der Waals surface area contributed by atoms with Crippen LogP contribution in [-0.2, 0) is 47.4 Å². The minimum absolute atomic E-state index is 0.0250. The molecule has 0 spiro atoms. The largest absolute Gasteiger partial charge is 0.465 e. The van der Waals surface area contributed by atoms with Gasteiger partial charge in [0.2, 0.25) is 0 Å². The van der Waals surface area contributed by atoms with Gasteiger partial charge in [0, 0.05) is 0 Å². The van der Waals surface area contributed by atoms with Crippen molar-refractivity contribution in [3.8, 4) is 0 Å². The second kappa shape index (κ2) is 62.9. The van der Waals surface area contributed by atoms with E-state index < -0.39 is 59.7 Å². The number of esters is 10. The molecular weight excluding hydrogens is 1340 g/mol. The SMILES string of the molecule is CCCCCCCCOC(=O)c1ccc(C(=O)OCCCCCCCC)c(C(=O)OCCCCCCCC)c1.CCCCCCCCOC(=O)c1ccccc1C(=O)OCCCCCCCC.CCCCOC(=O)c1ccccc1C(=O)OCCCC.COC(=O)c1ccc(C(=O)OC)c(C(=O)OC)c1. The molecule has 0 aliphatic heterocycles. The summed E-state index contributed by atoms with van der Waals surface area (Å²) >= 11 is 0. The van der Waals surface area contributed by atoms with Crippen LogP contribution in [0.1, 0.15) is 370 Å². The Bertz CT molecular complexity index is 3010. The summed E-state index contributed by atoms with van der Waals surface area (Å²) in [5, 5.41) is 0. The maximum atomic E-state index is 13.0. The number of unbranched alkanes of at least 4 members (excludes halogenated alkanes) is 27. The Kier molecular flexibility index (Phi) is 56.7. The maximum Gasteiger partial charge on any atom is 0.339 e. The first kappa shape index (κ1) is 94.6. The van der Waals surface area contributed by atoms with E-state index >= 15 is 0 Å². The van der Waals surface area contributed by atoms with Crippen LogP contribution < -0.4 is 0 Å². The highest BCUT2D eigenvalue weighted by Gasteiger charge is 2.25. The highest BCUT2D eigenvalue weighted by atomic mass is 16.6. The molecule has 20 heteroatoms. The fourth-order valence-corrected chi connectivity index (χ4v) is 10.5. The molecule has 0 aromatic heterocycles. The maximum absolute atomic E-state index is 13.0. The molecular formula is C85H126O20. The van der Waals surface area contributed by atoms with Crippen molar-refractivity contribution in [2.75, 3.05) is 67.6 Å². The molecule has 0 saturated carbocycles. The van der Waals surface area contributed by atoms with Gasteiger partial charge in [-0.15, -0.1) is 0 Å². The molecule has 4 aromatic rings. The Morgan fingerprint density at radius 2 is 0.390 bits per heavy atom. The second-order valence-corrected chi connectivity index (χ2v) is 25.6. The molecule has 0 bridgehead atoms. The first-order chi connectivity index (χ1) is 51.0. The third-order valence-corrected chi connectivity index (χ3v) is 16.8. The highest BCUT2D eigenvalue weighted by molar-refractivity contribution is 6.07. The van der Waals surface area contributed by atoms with E-state index in [0.29, 0.717) is 50.8 Å². The van der Waals surface area contributed by atoms with Crippen LogP contribution in [0.15, 0.2) is 84.9 Å². The Balaban J connectivity index is 0.000000733. The summed E-state index contributed by atoms with van der Waals surface area (Å²) in [4.78, 5) is 121. The summed E-state index contributed by atoms with van der Waals surface area (Å²) < 4.78 is 51.0. The summed E-state index contributed by atoms with van der Waals surface area (Å²) in [5.41, 5.74) is 1.66. The van der Waals surface area contributed by atoms with Gasteiger partial charge in [0.05, 0.1) is 123 Å². The van der Waals surface area contributed by atoms with Crippen LogP contribution in [0, 0.1) is 0 Å². The van der Waals surface area contributed by atoms with Crippen LogP contribution in [0.3, 0.4) is 0 Å². The van der Waals surface area contributed by atoms with Gasteiger partial charge in [-0.3, -0.25) is 0 Å². The average molecular weight is 1470 g/mol. The van der Waals surface area contributed by atoms with Crippen molar-refractivity contribution in [2.45, 2.75) is 267 Å². The van der Waals surface area contributed by atoms with E-state index in [-0.39, 0.29) is 51.1 Å². The number of hydrogen-bond acceptors (Lipinski definition) is 20. The summed E-state index contributed by atoms with van der Waals surface area (Å²) in [7, 11) is 3.58. The summed E-state index contributed by atoms with van der Waals surface area (Å²) in [5.74, 6) is -5.54. The highest BCUT2D eigenvalue weighted by Crippen LogP contribution is 2.21. The Labute approximate surface area is 627 Å². The molecule has 0 amide bonds. The smallest absolute Gasteiger partial charge is 0.339 e. The monoisotopic (exact) mass is 1470 g/mol. The van der Waals surface area contributed by atoms with Gasteiger partial charge in [-0.1, -0.05) is 246 Å². The minimum Gasteiger partial charge on any atom is -0.465 e. The quantitative estimate of drug-likeness (QED) is 0.0226. The zero-order valence-corrected chi connectivity index (χ0v) is 65.2. The van der Waals surface area contributed by atoms with E-state index in [0.717, 1.165) is 109 Å². The molecule has 586 valence electrons. The second-order valence-electron chi connectivity index (χ2n) is 25.6. The number of benzene rings is 4. The van der Waals surface area contributed by atoms with Crippen molar-refractivity contribution in [2.24, 2.45) is 0 Å². The molecule has 0 saturated heterocycles. The van der Waals surface area contributed by atoms with Crippen LogP contribution in [0.25, 0.3) is 0 Å². The van der Waals surface area contributed by atoms with Crippen LogP contribution in [0.2, 0.25) is 0 Å². The van der Waals surface area contributed by atoms with E-state index in [1.54, 1.807) is 48.5 Å². The van der Waals surface area contributed by atoms with Gasteiger partial charge in [0.1, 0.15) is 0 Å². The topological polar surface area (TPSA) is 263 Å². The predicted molar refractivity (Wildman–Crippen MR) is 408 cm³/mol. The van der Waals surface area contributed by atoms with Gasteiger partial charge in [0.15, 0.2) is 0 Å².